The molecule has 3 heterocycles. The summed E-state index contributed by atoms with van der Waals surface area (Å²) in [7, 11) is 0. The third-order valence-electron chi connectivity index (χ3n) is 4.09. The van der Waals surface area contributed by atoms with Gasteiger partial charge >= 0.3 is 0 Å². The Morgan fingerprint density at radius 2 is 2.10 bits per heavy atom. The van der Waals surface area contributed by atoms with E-state index >= 15 is 0 Å². The van der Waals surface area contributed by atoms with Crippen molar-refractivity contribution in [3.8, 4) is 0 Å². The van der Waals surface area contributed by atoms with E-state index in [1.807, 2.05) is 24.5 Å². The molecule has 0 radical (unpaired) electrons. The molecule has 0 aromatic carbocycles. The van der Waals surface area contributed by atoms with Crippen molar-refractivity contribution in [1.29, 1.82) is 0 Å². The third kappa shape index (κ3) is 3.45. The Morgan fingerprint density at radius 1 is 1.14 bits per heavy atom. The number of piperidine rings is 1. The summed E-state index contributed by atoms with van der Waals surface area (Å²) in [4.78, 5) is 16.0. The highest BCUT2D eigenvalue weighted by Gasteiger charge is 2.25. The van der Waals surface area contributed by atoms with E-state index in [1.54, 1.807) is 0 Å². The van der Waals surface area contributed by atoms with Gasteiger partial charge in [-0.15, -0.1) is 0 Å². The molecule has 0 spiro atoms. The van der Waals surface area contributed by atoms with E-state index < -0.39 is 0 Å². The molecule has 2 aromatic rings. The van der Waals surface area contributed by atoms with Gasteiger partial charge in [0, 0.05) is 25.4 Å². The van der Waals surface area contributed by atoms with Crippen LogP contribution >= 0.6 is 0 Å². The Hall–Kier alpha value is -1.81. The van der Waals surface area contributed by atoms with Crippen molar-refractivity contribution < 1.29 is 0 Å². The van der Waals surface area contributed by atoms with E-state index in [4.69, 9.17) is 0 Å². The fourth-order valence-corrected chi connectivity index (χ4v) is 3.00. The molecule has 0 unspecified atom stereocenters. The molecule has 4 nitrogen and oxygen atoms in total. The second-order valence-electron chi connectivity index (χ2n) is 5.55. The normalized spacial score (nSPS) is 19.6. The third-order valence-corrected chi connectivity index (χ3v) is 4.09. The van der Waals surface area contributed by atoms with Crippen LogP contribution in [0.2, 0.25) is 0 Å². The van der Waals surface area contributed by atoms with Gasteiger partial charge in [0.05, 0.1) is 17.4 Å². The lowest BCUT2D eigenvalue weighted by atomic mass is 9.98. The molecule has 0 N–H and O–H groups in total. The first-order valence-corrected chi connectivity index (χ1v) is 7.82. The summed E-state index contributed by atoms with van der Waals surface area (Å²) in [6, 6.07) is 8.65. The maximum atomic E-state index is 4.64. The molecule has 1 aliphatic heterocycles. The molecule has 0 aliphatic carbocycles. The molecule has 2 aromatic heterocycles. The van der Waals surface area contributed by atoms with Crippen LogP contribution in [0.3, 0.4) is 0 Å². The van der Waals surface area contributed by atoms with Gasteiger partial charge in [-0.3, -0.25) is 9.88 Å². The number of hydrogen-bond acceptors (Lipinski definition) is 4. The van der Waals surface area contributed by atoms with Gasteiger partial charge < -0.3 is 0 Å². The van der Waals surface area contributed by atoms with Crippen LogP contribution in [0.15, 0.2) is 36.7 Å². The van der Waals surface area contributed by atoms with Crippen LogP contribution in [-0.2, 0) is 13.0 Å². The minimum absolute atomic E-state index is 0.417. The van der Waals surface area contributed by atoms with Crippen LogP contribution in [0, 0.1) is 0 Å². The smallest absolute Gasteiger partial charge is 0.128 e. The zero-order chi connectivity index (χ0) is 14.5. The Morgan fingerprint density at radius 3 is 2.90 bits per heavy atom. The molecule has 3 rings (SSSR count). The van der Waals surface area contributed by atoms with E-state index in [1.165, 1.54) is 25.0 Å². The van der Waals surface area contributed by atoms with E-state index in [0.29, 0.717) is 6.04 Å². The van der Waals surface area contributed by atoms with Crippen LogP contribution in [0.5, 0.6) is 0 Å². The van der Waals surface area contributed by atoms with Crippen molar-refractivity contribution in [3.05, 3.63) is 53.9 Å². The molecule has 1 fully saturated rings. The van der Waals surface area contributed by atoms with E-state index in [2.05, 4.69) is 38.9 Å². The molecule has 1 aliphatic rings. The first-order valence-electron chi connectivity index (χ1n) is 7.82. The van der Waals surface area contributed by atoms with Crippen molar-refractivity contribution in [3.63, 3.8) is 0 Å². The minimum atomic E-state index is 0.417. The zero-order valence-corrected chi connectivity index (χ0v) is 12.6. The van der Waals surface area contributed by atoms with Crippen molar-refractivity contribution >= 4 is 0 Å². The molecular weight excluding hydrogens is 260 g/mol. The largest absolute Gasteiger partial charge is 0.289 e. The van der Waals surface area contributed by atoms with Gasteiger partial charge in [-0.25, -0.2) is 9.97 Å². The molecule has 0 amide bonds. The average Bonchev–Trinajstić information content (AvgIpc) is 2.56. The topological polar surface area (TPSA) is 41.9 Å². The molecule has 110 valence electrons. The summed E-state index contributed by atoms with van der Waals surface area (Å²) in [6.07, 6.45) is 8.37. The second kappa shape index (κ2) is 6.76. The number of rotatable bonds is 4. The van der Waals surface area contributed by atoms with Crippen molar-refractivity contribution in [2.75, 3.05) is 6.54 Å². The number of nitrogens with zero attached hydrogens (tertiary/aromatic N) is 4. The highest BCUT2D eigenvalue weighted by Crippen LogP contribution is 2.30. The van der Waals surface area contributed by atoms with Crippen LogP contribution in [0.4, 0.5) is 0 Å². The highest BCUT2D eigenvalue weighted by atomic mass is 15.2. The molecule has 4 heteroatoms. The summed E-state index contributed by atoms with van der Waals surface area (Å²) in [6.45, 7) is 4.10. The Bertz CT molecular complexity index is 570. The standard InChI is InChI=1S/C17H22N4/c1-2-17-19-11-9-14(20-17)13-21-12-6-4-8-16(21)15-7-3-5-10-18-15/h3,5,7,9-11,16H,2,4,6,8,12-13H2,1H3/t16-/m1/s1. The SMILES string of the molecule is CCc1nccc(CN2CCCC[C@@H]2c2ccccn2)n1. The Balaban J connectivity index is 1.78. The minimum Gasteiger partial charge on any atom is -0.289 e. The van der Waals surface area contributed by atoms with E-state index in [0.717, 1.165) is 31.0 Å². The fourth-order valence-electron chi connectivity index (χ4n) is 3.00. The summed E-state index contributed by atoms with van der Waals surface area (Å²) in [5, 5.41) is 0. The molecule has 0 saturated carbocycles. The summed E-state index contributed by atoms with van der Waals surface area (Å²) < 4.78 is 0. The molecule has 21 heavy (non-hydrogen) atoms. The maximum Gasteiger partial charge on any atom is 0.128 e. The molecule has 1 saturated heterocycles. The van der Waals surface area contributed by atoms with Gasteiger partial charge in [0.25, 0.3) is 0 Å². The van der Waals surface area contributed by atoms with Crippen LogP contribution < -0.4 is 0 Å². The lowest BCUT2D eigenvalue weighted by Crippen LogP contribution is -2.33. The Labute approximate surface area is 126 Å². The van der Waals surface area contributed by atoms with Crippen LogP contribution in [0.25, 0.3) is 0 Å². The summed E-state index contributed by atoms with van der Waals surface area (Å²) in [5.74, 6) is 0.930. The Kier molecular flexibility index (Phi) is 4.55. The van der Waals surface area contributed by atoms with E-state index in [-0.39, 0.29) is 0 Å². The lowest BCUT2D eigenvalue weighted by molar-refractivity contribution is 0.135. The van der Waals surface area contributed by atoms with Crippen LogP contribution in [0.1, 0.15) is 49.4 Å². The number of aryl methyl sites for hydroxylation is 1. The predicted molar refractivity (Wildman–Crippen MR) is 82.6 cm³/mol. The average molecular weight is 282 g/mol. The lowest BCUT2D eigenvalue weighted by Gasteiger charge is -2.35. The van der Waals surface area contributed by atoms with Gasteiger partial charge in [0.2, 0.25) is 0 Å². The fraction of sp³-hybridized carbons (Fsp3) is 0.471. The quantitative estimate of drug-likeness (QED) is 0.864. The van der Waals surface area contributed by atoms with Gasteiger partial charge in [0.15, 0.2) is 0 Å². The number of aromatic nitrogens is 3. The summed E-state index contributed by atoms with van der Waals surface area (Å²) in [5.41, 5.74) is 2.30. The predicted octanol–water partition coefficient (Wildman–Crippen LogP) is 3.16. The molecular formula is C17H22N4. The maximum absolute atomic E-state index is 4.64. The van der Waals surface area contributed by atoms with Crippen molar-refractivity contribution in [2.24, 2.45) is 0 Å². The second-order valence-corrected chi connectivity index (χ2v) is 5.55. The number of hydrogen-bond donors (Lipinski definition) is 0. The molecule has 1 atom stereocenters. The van der Waals surface area contributed by atoms with E-state index in [9.17, 15) is 0 Å². The number of likely N-dealkylation sites (tertiary alicyclic amines) is 1. The van der Waals surface area contributed by atoms with Crippen LogP contribution in [-0.4, -0.2) is 26.4 Å². The monoisotopic (exact) mass is 282 g/mol. The number of pyridine rings is 1. The zero-order valence-electron chi connectivity index (χ0n) is 12.6. The highest BCUT2D eigenvalue weighted by molar-refractivity contribution is 5.11. The van der Waals surface area contributed by atoms with Gasteiger partial charge in [0.1, 0.15) is 5.82 Å². The first kappa shape index (κ1) is 14.1. The molecule has 0 bridgehead atoms. The van der Waals surface area contributed by atoms with Crippen molar-refractivity contribution in [1.82, 2.24) is 19.9 Å². The summed E-state index contributed by atoms with van der Waals surface area (Å²) >= 11 is 0. The van der Waals surface area contributed by atoms with Gasteiger partial charge in [-0.1, -0.05) is 19.4 Å². The van der Waals surface area contributed by atoms with Crippen molar-refractivity contribution in [2.45, 2.75) is 45.2 Å². The van der Waals surface area contributed by atoms with Gasteiger partial charge in [-0.2, -0.15) is 0 Å². The first-order chi connectivity index (χ1) is 10.4. The van der Waals surface area contributed by atoms with Gasteiger partial charge in [-0.05, 0) is 37.6 Å².